The summed E-state index contributed by atoms with van der Waals surface area (Å²) in [6.45, 7) is 0.951. The van der Waals surface area contributed by atoms with Crippen molar-refractivity contribution in [1.82, 2.24) is 0 Å². The first kappa shape index (κ1) is 13.9. The van der Waals surface area contributed by atoms with Crippen LogP contribution in [0.4, 0.5) is 11.4 Å². The molecule has 0 unspecified atom stereocenters. The first-order valence-electron chi connectivity index (χ1n) is 7.08. The lowest BCUT2D eigenvalue weighted by molar-refractivity contribution is 0.415. The monoisotopic (exact) mass is 298 g/mol. The number of ether oxygens (including phenoxy) is 1. The van der Waals surface area contributed by atoms with Gasteiger partial charge >= 0.3 is 0 Å². The maximum absolute atomic E-state index is 5.59. The van der Waals surface area contributed by atoms with Gasteiger partial charge < -0.3 is 15.0 Å². The van der Waals surface area contributed by atoms with Gasteiger partial charge in [-0.15, -0.1) is 0 Å². The predicted octanol–water partition coefficient (Wildman–Crippen LogP) is 3.84. The Morgan fingerprint density at radius 2 is 2.05 bits per heavy atom. The fraction of sp³-hybridized carbons (Fsp3) is 0.235. The van der Waals surface area contributed by atoms with Crippen LogP contribution in [0.15, 0.2) is 48.5 Å². The molecule has 0 amide bonds. The predicted molar refractivity (Wildman–Crippen MR) is 91.3 cm³/mol. The summed E-state index contributed by atoms with van der Waals surface area (Å²) in [5.41, 5.74) is 3.52. The van der Waals surface area contributed by atoms with Crippen molar-refractivity contribution in [3.8, 4) is 5.75 Å². The summed E-state index contributed by atoms with van der Waals surface area (Å²) in [6.07, 6.45) is 2.24. The third-order valence-corrected chi connectivity index (χ3v) is 4.00. The van der Waals surface area contributed by atoms with Crippen LogP contribution < -0.4 is 15.0 Å². The third kappa shape index (κ3) is 3.00. The Bertz CT molecular complexity index is 657. The molecule has 3 nitrogen and oxygen atoms in total. The van der Waals surface area contributed by atoms with E-state index in [1.807, 2.05) is 24.3 Å². The molecule has 0 aliphatic carbocycles. The highest BCUT2D eigenvalue weighted by molar-refractivity contribution is 7.80. The Hall–Kier alpha value is -2.07. The number of rotatable bonds is 2. The number of aryl methyl sites for hydroxylation is 1. The molecule has 21 heavy (non-hydrogen) atoms. The zero-order valence-electron chi connectivity index (χ0n) is 12.0. The van der Waals surface area contributed by atoms with Crippen LogP contribution in [-0.2, 0) is 6.42 Å². The van der Waals surface area contributed by atoms with Gasteiger partial charge in [0.1, 0.15) is 5.75 Å². The smallest absolute Gasteiger partial charge is 0.177 e. The second-order valence-corrected chi connectivity index (χ2v) is 5.43. The largest absolute Gasteiger partial charge is 0.497 e. The second kappa shape index (κ2) is 6.14. The number of nitrogens with one attached hydrogen (secondary N) is 1. The van der Waals surface area contributed by atoms with E-state index in [-0.39, 0.29) is 0 Å². The van der Waals surface area contributed by atoms with Gasteiger partial charge in [0.25, 0.3) is 0 Å². The molecule has 2 aromatic carbocycles. The van der Waals surface area contributed by atoms with Crippen molar-refractivity contribution in [2.45, 2.75) is 12.8 Å². The molecule has 108 valence electrons. The van der Waals surface area contributed by atoms with Gasteiger partial charge in [-0.3, -0.25) is 0 Å². The molecule has 0 fully saturated rings. The molecule has 1 heterocycles. The summed E-state index contributed by atoms with van der Waals surface area (Å²) in [5, 5.41) is 4.04. The molecule has 3 rings (SSSR count). The van der Waals surface area contributed by atoms with Crippen molar-refractivity contribution < 1.29 is 4.74 Å². The van der Waals surface area contributed by atoms with Crippen LogP contribution in [0.25, 0.3) is 0 Å². The van der Waals surface area contributed by atoms with Crippen LogP contribution in [0.1, 0.15) is 12.0 Å². The molecule has 2 aromatic rings. The Labute approximate surface area is 130 Å². The van der Waals surface area contributed by atoms with Gasteiger partial charge in [-0.25, -0.2) is 0 Å². The van der Waals surface area contributed by atoms with E-state index < -0.39 is 0 Å². The van der Waals surface area contributed by atoms with E-state index >= 15 is 0 Å². The van der Waals surface area contributed by atoms with Crippen LogP contribution in [0.3, 0.4) is 0 Å². The number of fused-ring (bicyclic) bond motifs is 1. The minimum Gasteiger partial charge on any atom is -0.497 e. The summed E-state index contributed by atoms with van der Waals surface area (Å²) in [4.78, 5) is 2.17. The maximum Gasteiger partial charge on any atom is 0.177 e. The Kier molecular flexibility index (Phi) is 4.06. The number of thiocarbonyl (C=S) groups is 1. The molecule has 0 saturated heterocycles. The summed E-state index contributed by atoms with van der Waals surface area (Å²) in [7, 11) is 1.66. The number of para-hydroxylation sites is 1. The number of hydrogen-bond acceptors (Lipinski definition) is 2. The molecule has 4 heteroatoms. The lowest BCUT2D eigenvalue weighted by Gasteiger charge is -2.31. The van der Waals surface area contributed by atoms with Gasteiger partial charge in [0.2, 0.25) is 0 Å². The highest BCUT2D eigenvalue weighted by Gasteiger charge is 2.19. The van der Waals surface area contributed by atoms with Gasteiger partial charge in [0.15, 0.2) is 5.11 Å². The number of hydrogen-bond donors (Lipinski definition) is 1. The standard InChI is InChI=1S/C17H18N2OS/c1-20-15-9-4-8-14(12-15)18-17(21)19-11-5-7-13-6-2-3-10-16(13)19/h2-4,6,8-10,12H,5,7,11H2,1H3,(H,18,21). The van der Waals surface area contributed by atoms with E-state index in [1.54, 1.807) is 7.11 Å². The molecule has 0 radical (unpaired) electrons. The van der Waals surface area contributed by atoms with Crippen molar-refractivity contribution >= 4 is 28.7 Å². The van der Waals surface area contributed by atoms with E-state index in [9.17, 15) is 0 Å². The van der Waals surface area contributed by atoms with Crippen molar-refractivity contribution in [2.24, 2.45) is 0 Å². The molecule has 1 aliphatic rings. The average Bonchev–Trinajstić information content (AvgIpc) is 2.54. The van der Waals surface area contributed by atoms with Crippen LogP contribution >= 0.6 is 12.2 Å². The maximum atomic E-state index is 5.59. The Morgan fingerprint density at radius 1 is 1.19 bits per heavy atom. The normalized spacial score (nSPS) is 13.5. The van der Waals surface area contributed by atoms with Gasteiger partial charge in [-0.1, -0.05) is 24.3 Å². The zero-order chi connectivity index (χ0) is 14.7. The molecule has 1 N–H and O–H groups in total. The number of anilines is 2. The summed E-state index contributed by atoms with van der Waals surface area (Å²) < 4.78 is 5.24. The van der Waals surface area contributed by atoms with Crippen molar-refractivity contribution in [3.05, 3.63) is 54.1 Å². The van der Waals surface area contributed by atoms with Crippen molar-refractivity contribution in [1.29, 1.82) is 0 Å². The number of methoxy groups -OCH3 is 1. The fourth-order valence-electron chi connectivity index (χ4n) is 2.64. The van der Waals surface area contributed by atoms with Crippen LogP contribution in [0.2, 0.25) is 0 Å². The highest BCUT2D eigenvalue weighted by Crippen LogP contribution is 2.27. The van der Waals surface area contributed by atoms with E-state index in [0.717, 1.165) is 35.9 Å². The highest BCUT2D eigenvalue weighted by atomic mass is 32.1. The summed E-state index contributed by atoms with van der Waals surface area (Å²) in [5.74, 6) is 0.821. The quantitative estimate of drug-likeness (QED) is 0.851. The van der Waals surface area contributed by atoms with Gasteiger partial charge in [-0.2, -0.15) is 0 Å². The summed E-state index contributed by atoms with van der Waals surface area (Å²) >= 11 is 5.59. The van der Waals surface area contributed by atoms with Crippen molar-refractivity contribution in [2.75, 3.05) is 23.9 Å². The molecular weight excluding hydrogens is 280 g/mol. The first-order chi connectivity index (χ1) is 10.3. The minimum atomic E-state index is 0.732. The lowest BCUT2D eigenvalue weighted by atomic mass is 10.0. The Balaban J connectivity index is 1.80. The molecule has 0 atom stereocenters. The SMILES string of the molecule is COc1cccc(NC(=S)N2CCCc3ccccc32)c1. The van der Waals surface area contributed by atoms with Gasteiger partial charge in [0.05, 0.1) is 7.11 Å². The molecular formula is C17H18N2OS. The van der Waals surface area contributed by atoms with E-state index in [0.29, 0.717) is 0 Å². The second-order valence-electron chi connectivity index (χ2n) is 5.05. The minimum absolute atomic E-state index is 0.732. The van der Waals surface area contributed by atoms with E-state index in [1.165, 1.54) is 11.3 Å². The molecule has 0 bridgehead atoms. The van der Waals surface area contributed by atoms with Crippen LogP contribution in [0, 0.1) is 0 Å². The first-order valence-corrected chi connectivity index (χ1v) is 7.49. The lowest BCUT2D eigenvalue weighted by Crippen LogP contribution is -2.38. The van der Waals surface area contributed by atoms with E-state index in [4.69, 9.17) is 17.0 Å². The van der Waals surface area contributed by atoms with E-state index in [2.05, 4.69) is 34.5 Å². The Morgan fingerprint density at radius 3 is 2.90 bits per heavy atom. The number of nitrogens with zero attached hydrogens (tertiary/aromatic N) is 1. The molecule has 1 aliphatic heterocycles. The fourth-order valence-corrected chi connectivity index (χ4v) is 2.94. The third-order valence-electron chi connectivity index (χ3n) is 3.68. The van der Waals surface area contributed by atoms with Crippen LogP contribution in [0.5, 0.6) is 5.75 Å². The molecule has 0 spiro atoms. The molecule has 0 aromatic heterocycles. The average molecular weight is 298 g/mol. The van der Waals surface area contributed by atoms with Crippen molar-refractivity contribution in [3.63, 3.8) is 0 Å². The number of benzene rings is 2. The zero-order valence-corrected chi connectivity index (χ0v) is 12.8. The summed E-state index contributed by atoms with van der Waals surface area (Å²) in [6, 6.07) is 16.3. The topological polar surface area (TPSA) is 24.5 Å². The van der Waals surface area contributed by atoms with Gasteiger partial charge in [0, 0.05) is 24.0 Å². The van der Waals surface area contributed by atoms with Crippen LogP contribution in [-0.4, -0.2) is 18.8 Å². The van der Waals surface area contributed by atoms with Gasteiger partial charge in [-0.05, 0) is 48.8 Å². The molecule has 0 saturated carbocycles.